The summed E-state index contributed by atoms with van der Waals surface area (Å²) in [6.07, 6.45) is 1.79. The minimum Gasteiger partial charge on any atom is -0.382 e. The minimum atomic E-state index is -0.576. The lowest BCUT2D eigenvalue weighted by molar-refractivity contribution is 0.624. The Morgan fingerprint density at radius 3 is 2.76 bits per heavy atom. The number of fused-ring (bicyclic) bond motifs is 1. The lowest BCUT2D eigenvalue weighted by atomic mass is 10.1. The Hall–Kier alpha value is -3.66. The molecule has 0 saturated carbocycles. The van der Waals surface area contributed by atoms with Crippen LogP contribution in [0.15, 0.2) is 48.7 Å². The van der Waals surface area contributed by atoms with E-state index in [4.69, 9.17) is 11.0 Å². The van der Waals surface area contributed by atoms with Gasteiger partial charge in [0.25, 0.3) is 0 Å². The highest BCUT2D eigenvalue weighted by atomic mass is 19.1. The first-order valence-electron chi connectivity index (χ1n) is 7.54. The second-order valence-corrected chi connectivity index (χ2v) is 5.68. The highest BCUT2D eigenvalue weighted by Crippen LogP contribution is 2.28. The molecule has 0 saturated heterocycles. The van der Waals surface area contributed by atoms with Gasteiger partial charge >= 0.3 is 0 Å². The van der Waals surface area contributed by atoms with E-state index in [0.717, 1.165) is 16.6 Å². The molecule has 25 heavy (non-hydrogen) atoms. The molecule has 0 fully saturated rings. The Morgan fingerprint density at radius 2 is 2.00 bits per heavy atom. The highest BCUT2D eigenvalue weighted by Gasteiger charge is 2.13. The van der Waals surface area contributed by atoms with Crippen LogP contribution in [-0.4, -0.2) is 19.6 Å². The van der Waals surface area contributed by atoms with Crippen LogP contribution in [0.1, 0.15) is 5.56 Å². The maximum absolute atomic E-state index is 14.0. The number of hydrogen-bond donors (Lipinski definition) is 1. The van der Waals surface area contributed by atoms with Crippen LogP contribution in [-0.2, 0) is 7.05 Å². The van der Waals surface area contributed by atoms with Crippen molar-refractivity contribution in [1.82, 2.24) is 19.6 Å². The minimum absolute atomic E-state index is 0.000841. The Balaban J connectivity index is 1.90. The fourth-order valence-electron chi connectivity index (χ4n) is 2.83. The van der Waals surface area contributed by atoms with Crippen molar-refractivity contribution in [3.8, 4) is 23.0 Å². The summed E-state index contributed by atoms with van der Waals surface area (Å²) >= 11 is 0. The molecule has 0 amide bonds. The molecule has 2 aromatic heterocycles. The fraction of sp³-hybridized carbons (Fsp3) is 0.0556. The smallest absolute Gasteiger partial charge is 0.146 e. The monoisotopic (exact) mass is 332 g/mol. The summed E-state index contributed by atoms with van der Waals surface area (Å²) < 4.78 is 17.4. The number of aryl methyl sites for hydroxylation is 1. The largest absolute Gasteiger partial charge is 0.382 e. The number of halogens is 1. The van der Waals surface area contributed by atoms with Crippen molar-refractivity contribution in [3.05, 3.63) is 60.0 Å². The van der Waals surface area contributed by atoms with Gasteiger partial charge in [-0.15, -0.1) is 0 Å². The summed E-state index contributed by atoms with van der Waals surface area (Å²) in [5.41, 5.74) is 8.84. The first-order valence-corrected chi connectivity index (χ1v) is 7.54. The zero-order chi connectivity index (χ0) is 17.6. The summed E-state index contributed by atoms with van der Waals surface area (Å²) in [5, 5.41) is 18.5. The molecule has 2 aromatic carbocycles. The number of nitrogens with two attached hydrogens (primary N) is 1. The number of hydrogen-bond acceptors (Lipinski definition) is 4. The van der Waals surface area contributed by atoms with Crippen molar-refractivity contribution in [2.75, 3.05) is 5.73 Å². The number of anilines is 1. The lowest BCUT2D eigenvalue weighted by Gasteiger charge is -2.08. The van der Waals surface area contributed by atoms with Gasteiger partial charge in [-0.05, 0) is 30.3 Å². The standard InChI is InChI=1S/C18H13FN6/c1-24-16-7-14(5-4-13(16)10-22-24)25-17(8-18(21)23-25)11-2-3-12(9-20)15(19)6-11/h2-8,10H,1H3,(H2,21,23). The Labute approximate surface area is 142 Å². The molecule has 0 unspecified atom stereocenters. The maximum atomic E-state index is 14.0. The van der Waals surface area contributed by atoms with E-state index in [1.807, 2.05) is 31.3 Å². The Bertz CT molecular complexity index is 1150. The number of nitrogens with zero attached hydrogens (tertiary/aromatic N) is 5. The fourth-order valence-corrected chi connectivity index (χ4v) is 2.83. The molecule has 0 aliphatic heterocycles. The van der Waals surface area contributed by atoms with Crippen molar-refractivity contribution < 1.29 is 4.39 Å². The van der Waals surface area contributed by atoms with Crippen molar-refractivity contribution in [2.24, 2.45) is 7.05 Å². The van der Waals surface area contributed by atoms with Crippen molar-refractivity contribution in [2.45, 2.75) is 0 Å². The summed E-state index contributed by atoms with van der Waals surface area (Å²) in [5.74, 6) is -0.252. The van der Waals surface area contributed by atoms with E-state index in [9.17, 15) is 4.39 Å². The van der Waals surface area contributed by atoms with Crippen LogP contribution in [0.5, 0.6) is 0 Å². The van der Waals surface area contributed by atoms with E-state index in [1.165, 1.54) is 12.1 Å². The third kappa shape index (κ3) is 2.40. The first kappa shape index (κ1) is 14.9. The van der Waals surface area contributed by atoms with Crippen molar-refractivity contribution in [3.63, 3.8) is 0 Å². The van der Waals surface area contributed by atoms with Crippen LogP contribution >= 0.6 is 0 Å². The zero-order valence-corrected chi connectivity index (χ0v) is 13.3. The predicted octanol–water partition coefficient (Wildman–Crippen LogP) is 3.02. The molecular weight excluding hydrogens is 319 g/mol. The van der Waals surface area contributed by atoms with E-state index in [1.54, 1.807) is 27.7 Å². The Kier molecular flexibility index (Phi) is 3.25. The van der Waals surface area contributed by atoms with Gasteiger partial charge < -0.3 is 5.73 Å². The normalized spacial score (nSPS) is 10.9. The lowest BCUT2D eigenvalue weighted by Crippen LogP contribution is -2.01. The van der Waals surface area contributed by atoms with E-state index < -0.39 is 5.82 Å². The molecule has 4 aromatic rings. The van der Waals surface area contributed by atoms with Gasteiger partial charge in [0.15, 0.2) is 0 Å². The second kappa shape index (κ2) is 5.46. The number of benzene rings is 2. The third-order valence-corrected chi connectivity index (χ3v) is 4.09. The van der Waals surface area contributed by atoms with E-state index in [0.29, 0.717) is 17.1 Å². The van der Waals surface area contributed by atoms with Crippen LogP contribution in [0.2, 0.25) is 0 Å². The summed E-state index contributed by atoms with van der Waals surface area (Å²) in [6.45, 7) is 0. The van der Waals surface area contributed by atoms with Gasteiger partial charge in [-0.2, -0.15) is 15.5 Å². The average Bonchev–Trinajstić information content (AvgIpc) is 3.18. The molecule has 6 nitrogen and oxygen atoms in total. The quantitative estimate of drug-likeness (QED) is 0.611. The van der Waals surface area contributed by atoms with Gasteiger partial charge in [0.1, 0.15) is 17.7 Å². The predicted molar refractivity (Wildman–Crippen MR) is 92.4 cm³/mol. The van der Waals surface area contributed by atoms with Crippen LogP contribution in [0.3, 0.4) is 0 Å². The van der Waals surface area contributed by atoms with Crippen LogP contribution in [0.4, 0.5) is 10.2 Å². The highest BCUT2D eigenvalue weighted by molar-refractivity contribution is 5.81. The van der Waals surface area contributed by atoms with E-state index in [2.05, 4.69) is 10.2 Å². The molecule has 0 aliphatic rings. The maximum Gasteiger partial charge on any atom is 0.146 e. The molecule has 7 heteroatoms. The number of rotatable bonds is 2. The molecule has 0 aliphatic carbocycles. The SMILES string of the molecule is Cn1ncc2ccc(-n3nc(N)cc3-c3ccc(C#N)c(F)c3)cc21. The van der Waals surface area contributed by atoms with Gasteiger partial charge in [0.05, 0.1) is 28.7 Å². The van der Waals surface area contributed by atoms with E-state index >= 15 is 0 Å². The molecular formula is C18H13FN6. The van der Waals surface area contributed by atoms with Crippen molar-refractivity contribution in [1.29, 1.82) is 5.26 Å². The van der Waals surface area contributed by atoms with Crippen molar-refractivity contribution >= 4 is 16.7 Å². The van der Waals surface area contributed by atoms with Gasteiger partial charge in [0.2, 0.25) is 0 Å². The molecule has 0 bridgehead atoms. The molecule has 0 radical (unpaired) electrons. The van der Waals surface area contributed by atoms with Gasteiger partial charge in [-0.25, -0.2) is 9.07 Å². The molecule has 0 spiro atoms. The second-order valence-electron chi connectivity index (χ2n) is 5.68. The summed E-state index contributed by atoms with van der Waals surface area (Å²) in [6, 6.07) is 13.7. The molecule has 4 rings (SSSR count). The average molecular weight is 332 g/mol. The molecule has 2 N–H and O–H groups in total. The van der Waals surface area contributed by atoms with E-state index in [-0.39, 0.29) is 5.56 Å². The van der Waals surface area contributed by atoms with Crippen LogP contribution in [0.25, 0.3) is 27.8 Å². The number of nitriles is 1. The first-order chi connectivity index (χ1) is 12.1. The topological polar surface area (TPSA) is 85.4 Å². The van der Waals surface area contributed by atoms with Crippen LogP contribution < -0.4 is 5.73 Å². The third-order valence-electron chi connectivity index (χ3n) is 4.09. The van der Waals surface area contributed by atoms with Gasteiger partial charge in [-0.1, -0.05) is 6.07 Å². The molecule has 0 atom stereocenters. The van der Waals surface area contributed by atoms with Crippen LogP contribution in [0, 0.1) is 17.1 Å². The number of nitrogen functional groups attached to an aromatic ring is 1. The molecule has 122 valence electrons. The number of aromatic nitrogens is 4. The zero-order valence-electron chi connectivity index (χ0n) is 13.3. The molecule has 2 heterocycles. The summed E-state index contributed by atoms with van der Waals surface area (Å²) in [7, 11) is 1.86. The van der Waals surface area contributed by atoms with Gasteiger partial charge in [0, 0.05) is 24.1 Å². The summed E-state index contributed by atoms with van der Waals surface area (Å²) in [4.78, 5) is 0. The van der Waals surface area contributed by atoms with Gasteiger partial charge in [-0.3, -0.25) is 4.68 Å². The Morgan fingerprint density at radius 1 is 1.16 bits per heavy atom.